The van der Waals surface area contributed by atoms with E-state index in [1.54, 1.807) is 0 Å². The summed E-state index contributed by atoms with van der Waals surface area (Å²) in [6, 6.07) is 0. The molecule has 0 heterocycles. The molecule has 0 aliphatic rings. The predicted molar refractivity (Wildman–Crippen MR) is 363 cm³/mol. The highest BCUT2D eigenvalue weighted by Gasteiger charge is 2.30. The van der Waals surface area contributed by atoms with Gasteiger partial charge in [-0.2, -0.15) is 0 Å². The topological polar surface area (TPSA) is 237 Å². The Balaban J connectivity index is 5.22. The Morgan fingerprint density at radius 3 is 0.756 bits per heavy atom. The van der Waals surface area contributed by atoms with Gasteiger partial charge in [0.2, 0.25) is 0 Å². The van der Waals surface area contributed by atoms with E-state index >= 15 is 0 Å². The molecule has 19 heteroatoms. The Morgan fingerprint density at radius 2 is 0.511 bits per heavy atom. The lowest BCUT2D eigenvalue weighted by Crippen LogP contribution is -2.30. The van der Waals surface area contributed by atoms with Crippen molar-refractivity contribution in [1.82, 2.24) is 0 Å². The number of esters is 4. The first-order valence-corrected chi connectivity index (χ1v) is 40.1. The van der Waals surface area contributed by atoms with Gasteiger partial charge in [-0.25, -0.2) is 9.13 Å². The Morgan fingerprint density at radius 1 is 0.300 bits per heavy atom. The normalized spacial score (nSPS) is 14.1. The van der Waals surface area contributed by atoms with Crippen molar-refractivity contribution in [2.75, 3.05) is 39.6 Å². The van der Waals surface area contributed by atoms with Crippen LogP contribution in [0.15, 0.2) is 0 Å². The second-order valence-electron chi connectivity index (χ2n) is 26.1. The Bertz CT molecular complexity index is 1740. The number of carbonyl (C=O) groups is 4. The minimum absolute atomic E-state index is 0.107. The van der Waals surface area contributed by atoms with Crippen molar-refractivity contribution in [2.24, 2.45) is 5.92 Å². The van der Waals surface area contributed by atoms with Crippen LogP contribution in [-0.4, -0.2) is 96.7 Å². The number of aliphatic hydroxyl groups is 1. The lowest BCUT2D eigenvalue weighted by molar-refractivity contribution is -0.161. The zero-order chi connectivity index (χ0) is 66.3. The van der Waals surface area contributed by atoms with E-state index in [0.29, 0.717) is 25.7 Å². The molecule has 0 amide bonds. The van der Waals surface area contributed by atoms with Crippen molar-refractivity contribution in [3.8, 4) is 0 Å². The summed E-state index contributed by atoms with van der Waals surface area (Å²) in [7, 11) is -9.90. The molecule has 0 spiro atoms. The number of unbranched alkanes of at least 4 members (excludes halogenated alkanes) is 43. The van der Waals surface area contributed by atoms with Crippen molar-refractivity contribution < 1.29 is 80.2 Å². The second kappa shape index (κ2) is 64.4. The van der Waals surface area contributed by atoms with Crippen LogP contribution in [0.1, 0.15) is 369 Å². The van der Waals surface area contributed by atoms with Crippen LogP contribution >= 0.6 is 15.6 Å². The largest absolute Gasteiger partial charge is 0.472 e. The highest BCUT2D eigenvalue weighted by atomic mass is 31.2. The van der Waals surface area contributed by atoms with E-state index in [9.17, 15) is 43.2 Å². The molecule has 17 nitrogen and oxygen atoms in total. The van der Waals surface area contributed by atoms with Gasteiger partial charge in [0.1, 0.15) is 19.3 Å². The smallest absolute Gasteiger partial charge is 0.462 e. The summed E-state index contributed by atoms with van der Waals surface area (Å²) in [4.78, 5) is 72.5. The van der Waals surface area contributed by atoms with E-state index in [0.717, 1.165) is 95.8 Å². The summed E-state index contributed by atoms with van der Waals surface area (Å²) in [5.41, 5.74) is 0. The molecule has 2 unspecified atom stereocenters. The molecule has 5 atom stereocenters. The fourth-order valence-corrected chi connectivity index (χ4v) is 12.4. The van der Waals surface area contributed by atoms with Crippen molar-refractivity contribution in [3.05, 3.63) is 0 Å². The number of aliphatic hydroxyl groups excluding tert-OH is 1. The van der Waals surface area contributed by atoms with Gasteiger partial charge in [0, 0.05) is 25.7 Å². The number of hydrogen-bond acceptors (Lipinski definition) is 15. The molecule has 0 aliphatic carbocycles. The molecule has 90 heavy (non-hydrogen) atoms. The second-order valence-corrected chi connectivity index (χ2v) is 29.0. The summed E-state index contributed by atoms with van der Waals surface area (Å²) in [6.45, 7) is 7.27. The van der Waals surface area contributed by atoms with Crippen LogP contribution in [-0.2, 0) is 65.4 Å². The van der Waals surface area contributed by atoms with Gasteiger partial charge in [0.05, 0.1) is 26.4 Å². The first-order valence-electron chi connectivity index (χ1n) is 37.1. The predicted octanol–water partition coefficient (Wildman–Crippen LogP) is 20.5. The van der Waals surface area contributed by atoms with Crippen molar-refractivity contribution >= 4 is 39.5 Å². The first kappa shape index (κ1) is 88.1. The van der Waals surface area contributed by atoms with Crippen LogP contribution in [0.4, 0.5) is 0 Å². The average molecular weight is 1330 g/mol. The molecule has 0 radical (unpaired) electrons. The fourth-order valence-electron chi connectivity index (χ4n) is 10.8. The maximum Gasteiger partial charge on any atom is 0.472 e. The third-order valence-electron chi connectivity index (χ3n) is 16.5. The standard InChI is InChI=1S/C71H138O17P2/c1-6-9-12-15-18-21-28-34-39-44-49-54-68(73)81-60-66(87-70(75)56-51-46-41-36-30-23-20-17-14-11-8-3)62-85-89(77,78)83-58-65(72)59-84-90(79,80)86-63-67(61-82-69(74)55-50-45-40-35-29-22-19-16-13-10-7-2)88-71(76)57-52-47-42-37-32-27-25-24-26-31-33-38-43-48-53-64(4)5/h64-67,72H,6-63H2,1-5H3,(H,77,78)(H,79,80)/t65-,66+,67+/m0/s1. The quantitative estimate of drug-likeness (QED) is 0.0222. The van der Waals surface area contributed by atoms with E-state index in [4.69, 9.17) is 37.0 Å². The van der Waals surface area contributed by atoms with Crippen LogP contribution in [0.25, 0.3) is 0 Å². The van der Waals surface area contributed by atoms with E-state index in [1.807, 2.05) is 0 Å². The highest BCUT2D eigenvalue weighted by Crippen LogP contribution is 2.45. The molecular weight excluding hydrogens is 1190 g/mol. The highest BCUT2D eigenvalue weighted by molar-refractivity contribution is 7.47. The van der Waals surface area contributed by atoms with Crippen molar-refractivity contribution in [2.45, 2.75) is 387 Å². The number of phosphoric ester groups is 2. The molecular formula is C71H138O17P2. The Hall–Kier alpha value is -1.94. The van der Waals surface area contributed by atoms with Crippen molar-refractivity contribution in [3.63, 3.8) is 0 Å². The molecule has 0 saturated carbocycles. The minimum Gasteiger partial charge on any atom is -0.462 e. The summed E-state index contributed by atoms with van der Waals surface area (Å²) < 4.78 is 68.3. The molecule has 0 saturated heterocycles. The van der Waals surface area contributed by atoms with Gasteiger partial charge >= 0.3 is 39.5 Å². The van der Waals surface area contributed by atoms with Crippen LogP contribution in [0, 0.1) is 5.92 Å². The van der Waals surface area contributed by atoms with Crippen LogP contribution in [0.3, 0.4) is 0 Å². The number of phosphoric acid groups is 2. The number of ether oxygens (including phenoxy) is 4. The molecule has 3 N–H and O–H groups in total. The zero-order valence-corrected chi connectivity index (χ0v) is 60.1. The van der Waals surface area contributed by atoms with Gasteiger partial charge in [-0.3, -0.25) is 37.3 Å². The first-order chi connectivity index (χ1) is 43.5. The summed E-state index contributed by atoms with van der Waals surface area (Å²) in [5, 5.41) is 10.6. The van der Waals surface area contributed by atoms with Gasteiger partial charge in [-0.1, -0.05) is 317 Å². The molecule has 534 valence electrons. The number of carbonyl (C=O) groups excluding carboxylic acids is 4. The van der Waals surface area contributed by atoms with Gasteiger partial charge in [0.25, 0.3) is 0 Å². The van der Waals surface area contributed by atoms with E-state index in [2.05, 4.69) is 34.6 Å². The zero-order valence-electron chi connectivity index (χ0n) is 58.3. The molecule has 0 fully saturated rings. The van der Waals surface area contributed by atoms with E-state index < -0.39 is 97.5 Å². The maximum atomic E-state index is 13.0. The summed E-state index contributed by atoms with van der Waals surface area (Å²) in [6.07, 6.45) is 51.1. The number of rotatable bonds is 71. The van der Waals surface area contributed by atoms with Gasteiger partial charge in [0.15, 0.2) is 12.2 Å². The minimum atomic E-state index is -4.95. The Labute approximate surface area is 549 Å². The SMILES string of the molecule is CCCCCCCCCCCCCC(=O)OC[C@H](COP(=O)(O)OC[C@H](O)COP(=O)(O)OC[C@@H](COC(=O)CCCCCCCCCCCCC)OC(=O)CCCCCCCCCCCCCCCCC(C)C)OC(=O)CCCCCCCCCCCCC. The Kier molecular flexibility index (Phi) is 63.0. The van der Waals surface area contributed by atoms with E-state index in [1.165, 1.54) is 193 Å². The molecule has 0 aromatic rings. The fraction of sp³-hybridized carbons (Fsp3) is 0.944. The maximum absolute atomic E-state index is 13.0. The number of hydrogen-bond donors (Lipinski definition) is 3. The third kappa shape index (κ3) is 64.8. The molecule has 0 aliphatic heterocycles. The average Bonchev–Trinajstić information content (AvgIpc) is 3.62. The summed E-state index contributed by atoms with van der Waals surface area (Å²) in [5.74, 6) is -1.32. The molecule has 0 bridgehead atoms. The van der Waals surface area contributed by atoms with Crippen LogP contribution in [0.2, 0.25) is 0 Å². The van der Waals surface area contributed by atoms with Gasteiger partial charge in [-0.05, 0) is 31.6 Å². The molecule has 0 aromatic heterocycles. The van der Waals surface area contributed by atoms with Gasteiger partial charge in [-0.15, -0.1) is 0 Å². The lowest BCUT2D eigenvalue weighted by atomic mass is 10.0. The lowest BCUT2D eigenvalue weighted by Gasteiger charge is -2.21. The third-order valence-corrected chi connectivity index (χ3v) is 18.4. The van der Waals surface area contributed by atoms with E-state index in [-0.39, 0.29) is 25.7 Å². The van der Waals surface area contributed by atoms with Crippen LogP contribution in [0.5, 0.6) is 0 Å². The van der Waals surface area contributed by atoms with Crippen LogP contribution < -0.4 is 0 Å². The van der Waals surface area contributed by atoms with Crippen molar-refractivity contribution in [1.29, 1.82) is 0 Å². The monoisotopic (exact) mass is 1320 g/mol. The molecule has 0 aromatic carbocycles. The van der Waals surface area contributed by atoms with Gasteiger partial charge < -0.3 is 33.8 Å². The summed E-state index contributed by atoms with van der Waals surface area (Å²) >= 11 is 0. The molecule has 0 rings (SSSR count).